The third-order valence-electron chi connectivity index (χ3n) is 1.67. The Kier molecular flexibility index (Phi) is 3.56. The normalized spacial score (nSPS) is 11.9. The van der Waals surface area contributed by atoms with Crippen molar-refractivity contribution in [3.05, 3.63) is 46.5 Å². The van der Waals surface area contributed by atoms with Crippen LogP contribution in [0.2, 0.25) is 0 Å². The molecule has 0 fully saturated rings. The van der Waals surface area contributed by atoms with Gasteiger partial charge in [-0.1, -0.05) is 18.2 Å². The standard InChI is InChI=1S/C10H11N3O2/c1-2-5-10(11)12-8-6-3-4-7-9(8)13(14)15/h2-7H,1H3,(H2,11,12)/b5-2-. The highest BCUT2D eigenvalue weighted by molar-refractivity contribution is 5.93. The summed E-state index contributed by atoms with van der Waals surface area (Å²) in [5.74, 6) is 0.242. The Morgan fingerprint density at radius 1 is 1.53 bits per heavy atom. The van der Waals surface area contributed by atoms with Gasteiger partial charge in [-0.15, -0.1) is 0 Å². The molecule has 0 aliphatic carbocycles. The third kappa shape index (κ3) is 2.91. The minimum atomic E-state index is -0.484. The van der Waals surface area contributed by atoms with Gasteiger partial charge in [-0.25, -0.2) is 4.99 Å². The van der Waals surface area contributed by atoms with Crippen molar-refractivity contribution in [2.75, 3.05) is 0 Å². The van der Waals surface area contributed by atoms with Gasteiger partial charge in [-0.05, 0) is 19.1 Å². The number of nitro groups is 1. The van der Waals surface area contributed by atoms with Crippen LogP contribution < -0.4 is 5.73 Å². The quantitative estimate of drug-likeness (QED) is 0.355. The molecule has 0 aliphatic rings. The van der Waals surface area contributed by atoms with Crippen molar-refractivity contribution in [2.24, 2.45) is 10.7 Å². The molecular formula is C10H11N3O2. The molecule has 15 heavy (non-hydrogen) atoms. The zero-order valence-electron chi connectivity index (χ0n) is 8.25. The van der Waals surface area contributed by atoms with Crippen LogP contribution in [0.1, 0.15) is 6.92 Å². The number of rotatable bonds is 3. The van der Waals surface area contributed by atoms with Crippen LogP contribution in [-0.4, -0.2) is 10.8 Å². The fraction of sp³-hybridized carbons (Fsp3) is 0.100. The number of allylic oxidation sites excluding steroid dienone is 1. The second-order valence-corrected chi connectivity index (χ2v) is 2.78. The average Bonchev–Trinajstić information content (AvgIpc) is 2.18. The van der Waals surface area contributed by atoms with E-state index in [1.165, 1.54) is 6.07 Å². The molecular weight excluding hydrogens is 194 g/mol. The van der Waals surface area contributed by atoms with Gasteiger partial charge >= 0.3 is 0 Å². The van der Waals surface area contributed by atoms with Crippen LogP contribution in [0.15, 0.2) is 41.4 Å². The molecule has 2 N–H and O–H groups in total. The molecule has 5 nitrogen and oxygen atoms in total. The maximum Gasteiger partial charge on any atom is 0.294 e. The van der Waals surface area contributed by atoms with Crippen molar-refractivity contribution in [3.8, 4) is 0 Å². The molecule has 0 spiro atoms. The molecule has 1 aromatic carbocycles. The number of amidine groups is 1. The number of hydrogen-bond acceptors (Lipinski definition) is 3. The van der Waals surface area contributed by atoms with Gasteiger partial charge in [0.1, 0.15) is 11.5 Å². The highest BCUT2D eigenvalue weighted by Crippen LogP contribution is 2.26. The van der Waals surface area contributed by atoms with Crippen LogP contribution >= 0.6 is 0 Å². The van der Waals surface area contributed by atoms with Crippen molar-refractivity contribution >= 4 is 17.2 Å². The number of nitrogens with zero attached hydrogens (tertiary/aromatic N) is 2. The Balaban J connectivity index is 3.14. The van der Waals surface area contributed by atoms with Gasteiger partial charge < -0.3 is 5.73 Å². The summed E-state index contributed by atoms with van der Waals surface area (Å²) in [6, 6.07) is 6.20. The maximum absolute atomic E-state index is 10.6. The topological polar surface area (TPSA) is 81.5 Å². The molecule has 0 saturated heterocycles. The van der Waals surface area contributed by atoms with Crippen LogP contribution in [0.3, 0.4) is 0 Å². The zero-order chi connectivity index (χ0) is 11.3. The Hall–Kier alpha value is -2.17. The lowest BCUT2D eigenvalue weighted by Crippen LogP contribution is -2.06. The average molecular weight is 205 g/mol. The minimum Gasteiger partial charge on any atom is -0.384 e. The number of para-hydroxylation sites is 2. The van der Waals surface area contributed by atoms with E-state index in [-0.39, 0.29) is 17.2 Å². The molecule has 0 heterocycles. The van der Waals surface area contributed by atoms with Crippen LogP contribution in [0, 0.1) is 10.1 Å². The molecule has 0 saturated carbocycles. The summed E-state index contributed by atoms with van der Waals surface area (Å²) in [5, 5.41) is 10.6. The van der Waals surface area contributed by atoms with E-state index in [9.17, 15) is 10.1 Å². The minimum absolute atomic E-state index is 0.0510. The van der Waals surface area contributed by atoms with E-state index < -0.39 is 4.92 Å². The highest BCUT2D eigenvalue weighted by Gasteiger charge is 2.10. The Morgan fingerprint density at radius 2 is 2.20 bits per heavy atom. The summed E-state index contributed by atoms with van der Waals surface area (Å²) in [4.78, 5) is 14.1. The Bertz CT molecular complexity index is 424. The molecule has 0 radical (unpaired) electrons. The van der Waals surface area contributed by atoms with E-state index in [2.05, 4.69) is 4.99 Å². The fourth-order valence-electron chi connectivity index (χ4n) is 1.06. The number of nitro benzene ring substituents is 1. The zero-order valence-corrected chi connectivity index (χ0v) is 8.25. The van der Waals surface area contributed by atoms with Gasteiger partial charge in [0.2, 0.25) is 0 Å². The monoisotopic (exact) mass is 205 g/mol. The molecule has 0 atom stereocenters. The van der Waals surface area contributed by atoms with Gasteiger partial charge in [-0.3, -0.25) is 10.1 Å². The smallest absolute Gasteiger partial charge is 0.294 e. The number of aliphatic imine (C=N–C) groups is 1. The first-order valence-corrected chi connectivity index (χ1v) is 4.35. The molecule has 0 bridgehead atoms. The Labute approximate surface area is 87.1 Å². The predicted octanol–water partition coefficient (Wildman–Crippen LogP) is 2.16. The molecule has 0 aliphatic heterocycles. The highest BCUT2D eigenvalue weighted by atomic mass is 16.6. The molecule has 0 aromatic heterocycles. The Morgan fingerprint density at radius 3 is 2.80 bits per heavy atom. The second kappa shape index (κ2) is 4.90. The number of benzene rings is 1. The van der Waals surface area contributed by atoms with Crippen molar-refractivity contribution in [1.29, 1.82) is 0 Å². The largest absolute Gasteiger partial charge is 0.384 e. The summed E-state index contributed by atoms with van der Waals surface area (Å²) < 4.78 is 0. The first kappa shape index (κ1) is 10.9. The summed E-state index contributed by atoms with van der Waals surface area (Å²) >= 11 is 0. The third-order valence-corrected chi connectivity index (χ3v) is 1.67. The summed E-state index contributed by atoms with van der Waals surface area (Å²) in [6.45, 7) is 1.79. The maximum atomic E-state index is 10.6. The van der Waals surface area contributed by atoms with Crippen LogP contribution in [0.25, 0.3) is 0 Å². The van der Waals surface area contributed by atoms with Crippen molar-refractivity contribution in [2.45, 2.75) is 6.92 Å². The summed E-state index contributed by atoms with van der Waals surface area (Å²) in [5.41, 5.74) is 5.74. The lowest BCUT2D eigenvalue weighted by atomic mass is 10.3. The molecule has 1 rings (SSSR count). The van der Waals surface area contributed by atoms with Gasteiger partial charge in [0.15, 0.2) is 0 Å². The number of hydrogen-bond donors (Lipinski definition) is 1. The molecule has 0 amide bonds. The number of nitrogens with two attached hydrogens (primary N) is 1. The molecule has 78 valence electrons. The van der Waals surface area contributed by atoms with Crippen LogP contribution in [-0.2, 0) is 0 Å². The van der Waals surface area contributed by atoms with Crippen molar-refractivity contribution < 1.29 is 4.92 Å². The van der Waals surface area contributed by atoms with E-state index in [4.69, 9.17) is 5.73 Å². The van der Waals surface area contributed by atoms with Crippen molar-refractivity contribution in [1.82, 2.24) is 0 Å². The van der Waals surface area contributed by atoms with Gasteiger partial charge in [0.05, 0.1) is 4.92 Å². The van der Waals surface area contributed by atoms with Gasteiger partial charge in [0.25, 0.3) is 5.69 Å². The van der Waals surface area contributed by atoms with Gasteiger partial charge in [-0.2, -0.15) is 0 Å². The molecule has 1 aromatic rings. The summed E-state index contributed by atoms with van der Waals surface area (Å²) in [7, 11) is 0. The SMILES string of the molecule is C/C=C\C(N)=Nc1ccccc1[N+](=O)[O-]. The van der Waals surface area contributed by atoms with Crippen LogP contribution in [0.4, 0.5) is 11.4 Å². The van der Waals surface area contributed by atoms with E-state index >= 15 is 0 Å². The summed E-state index contributed by atoms with van der Waals surface area (Å²) in [6.07, 6.45) is 3.30. The lowest BCUT2D eigenvalue weighted by molar-refractivity contribution is -0.384. The first-order valence-electron chi connectivity index (χ1n) is 4.35. The predicted molar refractivity (Wildman–Crippen MR) is 59.2 cm³/mol. The second-order valence-electron chi connectivity index (χ2n) is 2.78. The fourth-order valence-corrected chi connectivity index (χ4v) is 1.06. The molecule has 5 heteroatoms. The van der Waals surface area contributed by atoms with E-state index in [1.807, 2.05) is 0 Å². The van der Waals surface area contributed by atoms with E-state index in [0.717, 1.165) is 0 Å². The van der Waals surface area contributed by atoms with Gasteiger partial charge in [0, 0.05) is 6.07 Å². The first-order chi connectivity index (χ1) is 7.15. The molecule has 0 unspecified atom stereocenters. The van der Waals surface area contributed by atoms with Crippen molar-refractivity contribution in [3.63, 3.8) is 0 Å². The van der Waals surface area contributed by atoms with E-state index in [0.29, 0.717) is 0 Å². The van der Waals surface area contributed by atoms with Crippen LogP contribution in [0.5, 0.6) is 0 Å². The van der Waals surface area contributed by atoms with E-state index in [1.54, 1.807) is 37.3 Å². The lowest BCUT2D eigenvalue weighted by Gasteiger charge is -1.97.